The Kier molecular flexibility index (Phi) is 4.34. The highest BCUT2D eigenvalue weighted by molar-refractivity contribution is 9.10. The Morgan fingerprint density at radius 1 is 1.37 bits per heavy atom. The highest BCUT2D eigenvalue weighted by atomic mass is 79.9. The van der Waals surface area contributed by atoms with Crippen LogP contribution in [0.15, 0.2) is 33.5 Å². The highest BCUT2D eigenvalue weighted by Crippen LogP contribution is 2.21. The van der Waals surface area contributed by atoms with E-state index < -0.39 is 0 Å². The van der Waals surface area contributed by atoms with Crippen molar-refractivity contribution in [3.05, 3.63) is 44.8 Å². The number of aromatic nitrogens is 2. The number of ether oxygens (including phenoxy) is 2. The first kappa shape index (κ1) is 13.8. The first-order valence-corrected chi connectivity index (χ1v) is 6.37. The van der Waals surface area contributed by atoms with Crippen molar-refractivity contribution >= 4 is 15.9 Å². The molecule has 1 aromatic carbocycles. The molecule has 19 heavy (non-hydrogen) atoms. The minimum atomic E-state index is -0.236. The highest BCUT2D eigenvalue weighted by Gasteiger charge is 2.10. The van der Waals surface area contributed by atoms with Crippen LogP contribution in [0.1, 0.15) is 5.69 Å². The second-order valence-electron chi connectivity index (χ2n) is 3.84. The van der Waals surface area contributed by atoms with Gasteiger partial charge in [0.1, 0.15) is 16.0 Å². The summed E-state index contributed by atoms with van der Waals surface area (Å²) in [6.07, 6.45) is 0. The van der Waals surface area contributed by atoms with Crippen molar-refractivity contribution in [1.29, 1.82) is 0 Å². The summed E-state index contributed by atoms with van der Waals surface area (Å²) in [5.41, 5.74) is 1.10. The number of halogens is 1. The molecule has 6 heteroatoms. The summed E-state index contributed by atoms with van der Waals surface area (Å²) in [5, 5.41) is 0. The van der Waals surface area contributed by atoms with Crippen molar-refractivity contribution < 1.29 is 9.47 Å². The Hall–Kier alpha value is -1.66. The standard InChI is InChI=1S/C13H13BrN2O3/c1-18-7-10-11(14)13(17)16-12(15-10)8-4-3-5-9(6-8)19-2/h3-6H,7H2,1-2H3,(H,15,16,17). The fourth-order valence-corrected chi connectivity index (χ4v) is 1.95. The van der Waals surface area contributed by atoms with E-state index in [0.29, 0.717) is 21.7 Å². The van der Waals surface area contributed by atoms with Crippen LogP contribution in [0.25, 0.3) is 11.4 Å². The van der Waals surface area contributed by atoms with Crippen LogP contribution in [0.3, 0.4) is 0 Å². The van der Waals surface area contributed by atoms with Gasteiger partial charge in [-0.05, 0) is 28.1 Å². The maximum Gasteiger partial charge on any atom is 0.265 e. The lowest BCUT2D eigenvalue weighted by Gasteiger charge is -2.07. The summed E-state index contributed by atoms with van der Waals surface area (Å²) in [5.74, 6) is 1.19. The Morgan fingerprint density at radius 3 is 2.84 bits per heavy atom. The van der Waals surface area contributed by atoms with E-state index in [9.17, 15) is 4.79 Å². The van der Waals surface area contributed by atoms with Crippen molar-refractivity contribution in [3.8, 4) is 17.1 Å². The molecule has 0 aliphatic heterocycles. The van der Waals surface area contributed by atoms with Crippen LogP contribution in [0.5, 0.6) is 5.75 Å². The van der Waals surface area contributed by atoms with Gasteiger partial charge in [-0.3, -0.25) is 4.79 Å². The van der Waals surface area contributed by atoms with Crippen LogP contribution < -0.4 is 10.3 Å². The third kappa shape index (κ3) is 3.02. The number of nitrogens with zero attached hydrogens (tertiary/aromatic N) is 1. The van der Waals surface area contributed by atoms with Crippen LogP contribution in [-0.2, 0) is 11.3 Å². The quantitative estimate of drug-likeness (QED) is 0.937. The van der Waals surface area contributed by atoms with Gasteiger partial charge in [0.05, 0.1) is 19.4 Å². The van der Waals surface area contributed by atoms with Crippen LogP contribution in [-0.4, -0.2) is 24.2 Å². The average Bonchev–Trinajstić information content (AvgIpc) is 2.44. The summed E-state index contributed by atoms with van der Waals surface area (Å²) < 4.78 is 10.6. The molecular weight excluding hydrogens is 312 g/mol. The Balaban J connectivity index is 2.52. The number of benzene rings is 1. The van der Waals surface area contributed by atoms with Gasteiger partial charge in [0.15, 0.2) is 0 Å². The molecule has 0 aliphatic carbocycles. The Morgan fingerprint density at radius 2 is 2.16 bits per heavy atom. The molecule has 0 atom stereocenters. The minimum Gasteiger partial charge on any atom is -0.497 e. The summed E-state index contributed by atoms with van der Waals surface area (Å²) in [6.45, 7) is 0.265. The summed E-state index contributed by atoms with van der Waals surface area (Å²) in [7, 11) is 3.15. The molecule has 0 unspecified atom stereocenters. The molecule has 1 heterocycles. The molecule has 0 saturated carbocycles. The van der Waals surface area contributed by atoms with E-state index in [2.05, 4.69) is 25.9 Å². The van der Waals surface area contributed by atoms with Crippen LogP contribution in [0, 0.1) is 0 Å². The lowest BCUT2D eigenvalue weighted by atomic mass is 10.2. The second-order valence-corrected chi connectivity index (χ2v) is 4.63. The molecule has 1 N–H and O–H groups in total. The molecular formula is C13H13BrN2O3. The number of nitrogens with one attached hydrogen (secondary N) is 1. The number of rotatable bonds is 4. The molecule has 100 valence electrons. The zero-order valence-corrected chi connectivity index (χ0v) is 12.2. The number of aromatic amines is 1. The van der Waals surface area contributed by atoms with Crippen molar-refractivity contribution in [2.45, 2.75) is 6.61 Å². The average molecular weight is 325 g/mol. The number of methoxy groups -OCH3 is 2. The second kappa shape index (κ2) is 5.99. The van der Waals surface area contributed by atoms with Gasteiger partial charge in [0.2, 0.25) is 0 Å². The zero-order chi connectivity index (χ0) is 13.8. The van der Waals surface area contributed by atoms with E-state index in [1.165, 1.54) is 0 Å². The summed E-state index contributed by atoms with van der Waals surface area (Å²) in [4.78, 5) is 18.9. The largest absolute Gasteiger partial charge is 0.497 e. The smallest absolute Gasteiger partial charge is 0.265 e. The van der Waals surface area contributed by atoms with E-state index in [4.69, 9.17) is 9.47 Å². The molecule has 0 spiro atoms. The lowest BCUT2D eigenvalue weighted by molar-refractivity contribution is 0.180. The van der Waals surface area contributed by atoms with E-state index in [0.717, 1.165) is 5.56 Å². The monoisotopic (exact) mass is 324 g/mol. The van der Waals surface area contributed by atoms with Gasteiger partial charge >= 0.3 is 0 Å². The van der Waals surface area contributed by atoms with Crippen LogP contribution in [0.2, 0.25) is 0 Å². The zero-order valence-electron chi connectivity index (χ0n) is 10.6. The van der Waals surface area contributed by atoms with E-state index >= 15 is 0 Å². The fraction of sp³-hybridized carbons (Fsp3) is 0.231. The maximum absolute atomic E-state index is 11.8. The van der Waals surface area contributed by atoms with Gasteiger partial charge < -0.3 is 14.5 Å². The Labute approximate surface area is 118 Å². The maximum atomic E-state index is 11.8. The molecule has 0 fully saturated rings. The van der Waals surface area contributed by atoms with Gasteiger partial charge in [-0.2, -0.15) is 0 Å². The molecule has 0 saturated heterocycles. The third-order valence-electron chi connectivity index (χ3n) is 2.56. The van der Waals surface area contributed by atoms with E-state index in [1.54, 1.807) is 14.2 Å². The molecule has 0 radical (unpaired) electrons. The molecule has 1 aromatic heterocycles. The van der Waals surface area contributed by atoms with Crippen LogP contribution in [0.4, 0.5) is 0 Å². The lowest BCUT2D eigenvalue weighted by Crippen LogP contribution is -2.14. The van der Waals surface area contributed by atoms with Crippen molar-refractivity contribution in [2.24, 2.45) is 0 Å². The molecule has 2 rings (SSSR count). The van der Waals surface area contributed by atoms with Gasteiger partial charge in [-0.25, -0.2) is 4.98 Å². The van der Waals surface area contributed by atoms with E-state index in [1.807, 2.05) is 24.3 Å². The van der Waals surface area contributed by atoms with Crippen molar-refractivity contribution in [1.82, 2.24) is 9.97 Å². The van der Waals surface area contributed by atoms with Crippen molar-refractivity contribution in [2.75, 3.05) is 14.2 Å². The first-order valence-electron chi connectivity index (χ1n) is 5.57. The van der Waals surface area contributed by atoms with Crippen molar-refractivity contribution in [3.63, 3.8) is 0 Å². The number of H-pyrrole nitrogens is 1. The molecule has 5 nitrogen and oxygen atoms in total. The summed E-state index contributed by atoms with van der Waals surface area (Å²) in [6, 6.07) is 7.33. The Bertz CT molecular complexity index is 640. The first-order chi connectivity index (χ1) is 9.15. The number of hydrogen-bond acceptors (Lipinski definition) is 4. The third-order valence-corrected chi connectivity index (χ3v) is 3.37. The molecule has 0 bridgehead atoms. The topological polar surface area (TPSA) is 64.2 Å². The van der Waals surface area contributed by atoms with E-state index in [-0.39, 0.29) is 12.2 Å². The normalized spacial score (nSPS) is 10.5. The number of hydrogen-bond donors (Lipinski definition) is 1. The van der Waals surface area contributed by atoms with Crippen LogP contribution >= 0.6 is 15.9 Å². The predicted molar refractivity (Wildman–Crippen MR) is 75.3 cm³/mol. The summed E-state index contributed by atoms with van der Waals surface area (Å²) >= 11 is 3.21. The van der Waals surface area contributed by atoms with Gasteiger partial charge in [0.25, 0.3) is 5.56 Å². The minimum absolute atomic E-state index is 0.236. The van der Waals surface area contributed by atoms with Gasteiger partial charge in [-0.1, -0.05) is 12.1 Å². The molecule has 2 aromatic rings. The van der Waals surface area contributed by atoms with Gasteiger partial charge in [0, 0.05) is 12.7 Å². The molecule has 0 amide bonds. The van der Waals surface area contributed by atoms with Gasteiger partial charge in [-0.15, -0.1) is 0 Å². The molecule has 0 aliphatic rings. The predicted octanol–water partition coefficient (Wildman–Crippen LogP) is 2.35. The fourth-order valence-electron chi connectivity index (χ4n) is 1.64. The SMILES string of the molecule is COCc1nc(-c2cccc(OC)c2)[nH]c(=O)c1Br.